The van der Waals surface area contributed by atoms with Crippen molar-refractivity contribution in [3.63, 3.8) is 0 Å². The fraction of sp³-hybridized carbons (Fsp3) is 0. The standard InChI is InChI=1S/C20H14N2O2.Zn/c23-18-9-5-4-8-17(18)20-21-19(22-24-20)16-12-10-15(11-13-16)14-6-2-1-3-7-14;/h1-13,23H;. The number of para-hydroxylation sites is 1. The van der Waals surface area contributed by atoms with Crippen molar-refractivity contribution in [2.24, 2.45) is 0 Å². The Morgan fingerprint density at radius 3 is 2.00 bits per heavy atom. The molecule has 4 nitrogen and oxygen atoms in total. The van der Waals surface area contributed by atoms with Crippen LogP contribution in [0, 0.1) is 0 Å². The molecule has 0 amide bonds. The third kappa shape index (κ3) is 3.52. The largest absolute Gasteiger partial charge is 0.507 e. The summed E-state index contributed by atoms with van der Waals surface area (Å²) in [6.45, 7) is 0. The van der Waals surface area contributed by atoms with Gasteiger partial charge in [0.2, 0.25) is 5.82 Å². The summed E-state index contributed by atoms with van der Waals surface area (Å²) in [4.78, 5) is 4.38. The van der Waals surface area contributed by atoms with E-state index in [0.717, 1.165) is 16.7 Å². The first-order chi connectivity index (χ1) is 11.8. The molecule has 5 heteroatoms. The summed E-state index contributed by atoms with van der Waals surface area (Å²) in [7, 11) is 0. The van der Waals surface area contributed by atoms with Crippen LogP contribution in [-0.2, 0) is 19.5 Å². The fourth-order valence-electron chi connectivity index (χ4n) is 2.55. The van der Waals surface area contributed by atoms with Gasteiger partial charge in [-0.15, -0.1) is 0 Å². The summed E-state index contributed by atoms with van der Waals surface area (Å²) in [6, 6.07) is 25.0. The monoisotopic (exact) mass is 378 g/mol. The van der Waals surface area contributed by atoms with Crippen LogP contribution in [0.25, 0.3) is 34.0 Å². The molecule has 0 radical (unpaired) electrons. The second-order valence-corrected chi connectivity index (χ2v) is 5.38. The van der Waals surface area contributed by atoms with Crippen LogP contribution in [0.2, 0.25) is 0 Å². The molecule has 0 bridgehead atoms. The molecule has 1 aromatic heterocycles. The van der Waals surface area contributed by atoms with E-state index in [1.165, 1.54) is 0 Å². The molecule has 0 fully saturated rings. The van der Waals surface area contributed by atoms with E-state index >= 15 is 0 Å². The molecular weight excluding hydrogens is 366 g/mol. The fourth-order valence-corrected chi connectivity index (χ4v) is 2.55. The number of nitrogens with zero attached hydrogens (tertiary/aromatic N) is 2. The molecule has 0 spiro atoms. The van der Waals surface area contributed by atoms with Crippen LogP contribution in [0.15, 0.2) is 83.4 Å². The van der Waals surface area contributed by atoms with E-state index in [-0.39, 0.29) is 25.2 Å². The Morgan fingerprint density at radius 1 is 0.680 bits per heavy atom. The smallest absolute Gasteiger partial charge is 0.261 e. The van der Waals surface area contributed by atoms with Crippen molar-refractivity contribution in [3.05, 3.63) is 78.9 Å². The normalized spacial score (nSPS) is 10.2. The molecule has 0 aliphatic heterocycles. The first-order valence-corrected chi connectivity index (χ1v) is 7.59. The van der Waals surface area contributed by atoms with Crippen molar-refractivity contribution in [2.45, 2.75) is 0 Å². The molecular formula is C20H14N2O2Zn. The van der Waals surface area contributed by atoms with E-state index in [1.54, 1.807) is 18.2 Å². The molecule has 0 aliphatic rings. The molecule has 1 heterocycles. The van der Waals surface area contributed by atoms with Crippen LogP contribution >= 0.6 is 0 Å². The zero-order valence-corrected chi connectivity index (χ0v) is 16.4. The maximum atomic E-state index is 9.88. The Kier molecular flexibility index (Phi) is 5.06. The maximum Gasteiger partial charge on any atom is 0.261 e. The van der Waals surface area contributed by atoms with Gasteiger partial charge in [-0.2, -0.15) is 4.98 Å². The van der Waals surface area contributed by atoms with E-state index in [2.05, 4.69) is 22.3 Å². The molecule has 0 atom stereocenters. The summed E-state index contributed by atoms with van der Waals surface area (Å²) in [5.41, 5.74) is 3.67. The second kappa shape index (κ2) is 7.41. The molecule has 0 aliphatic carbocycles. The summed E-state index contributed by atoms with van der Waals surface area (Å²) < 4.78 is 5.28. The third-order valence-electron chi connectivity index (χ3n) is 3.81. The van der Waals surface area contributed by atoms with Gasteiger partial charge in [0, 0.05) is 25.0 Å². The molecule has 4 aromatic rings. The number of rotatable bonds is 3. The predicted octanol–water partition coefficient (Wildman–Crippen LogP) is 4.77. The van der Waals surface area contributed by atoms with Gasteiger partial charge in [0.05, 0.1) is 5.56 Å². The Balaban J connectivity index is 0.00000182. The number of phenolic OH excluding ortho intramolecular Hbond substituents is 1. The minimum atomic E-state index is 0. The Morgan fingerprint density at radius 2 is 1.28 bits per heavy atom. The summed E-state index contributed by atoms with van der Waals surface area (Å²) >= 11 is 0. The van der Waals surface area contributed by atoms with Gasteiger partial charge in [-0.1, -0.05) is 71.9 Å². The molecule has 0 saturated heterocycles. The van der Waals surface area contributed by atoms with E-state index in [4.69, 9.17) is 4.52 Å². The van der Waals surface area contributed by atoms with Crippen LogP contribution in [0.5, 0.6) is 5.75 Å². The summed E-state index contributed by atoms with van der Waals surface area (Å²) in [5.74, 6) is 0.912. The molecule has 1 N–H and O–H groups in total. The first kappa shape index (κ1) is 17.1. The van der Waals surface area contributed by atoms with Crippen LogP contribution < -0.4 is 0 Å². The van der Waals surface area contributed by atoms with Crippen molar-refractivity contribution < 1.29 is 29.1 Å². The average Bonchev–Trinajstić information content (AvgIpc) is 3.13. The Bertz CT molecular complexity index is 966. The van der Waals surface area contributed by atoms with Crippen LogP contribution in [0.1, 0.15) is 0 Å². The van der Waals surface area contributed by atoms with Gasteiger partial charge in [-0.05, 0) is 23.3 Å². The predicted molar refractivity (Wildman–Crippen MR) is 92.3 cm³/mol. The zero-order valence-electron chi connectivity index (χ0n) is 13.5. The first-order valence-electron chi connectivity index (χ1n) is 7.59. The zero-order chi connectivity index (χ0) is 16.4. The van der Waals surface area contributed by atoms with Crippen LogP contribution in [0.4, 0.5) is 0 Å². The van der Waals surface area contributed by atoms with Crippen molar-refractivity contribution in [1.82, 2.24) is 10.1 Å². The minimum Gasteiger partial charge on any atom is -0.507 e. The molecule has 0 unspecified atom stereocenters. The van der Waals surface area contributed by atoms with E-state index in [1.807, 2.05) is 48.5 Å². The number of benzene rings is 3. The molecule has 118 valence electrons. The van der Waals surface area contributed by atoms with Crippen molar-refractivity contribution in [3.8, 4) is 39.7 Å². The number of aromatic nitrogens is 2. The van der Waals surface area contributed by atoms with Crippen molar-refractivity contribution in [2.75, 3.05) is 0 Å². The molecule has 3 aromatic carbocycles. The second-order valence-electron chi connectivity index (χ2n) is 5.38. The molecule has 0 saturated carbocycles. The minimum absolute atomic E-state index is 0. The van der Waals surface area contributed by atoms with Gasteiger partial charge in [-0.3, -0.25) is 0 Å². The Hall–Kier alpha value is -2.78. The molecule has 4 rings (SSSR count). The van der Waals surface area contributed by atoms with E-state index in [0.29, 0.717) is 17.3 Å². The van der Waals surface area contributed by atoms with Gasteiger partial charge in [-0.25, -0.2) is 0 Å². The van der Waals surface area contributed by atoms with Gasteiger partial charge in [0.15, 0.2) is 0 Å². The van der Waals surface area contributed by atoms with Gasteiger partial charge in [0.1, 0.15) is 5.75 Å². The summed E-state index contributed by atoms with van der Waals surface area (Å²) in [5, 5.41) is 13.9. The SMILES string of the molecule is Oc1ccccc1-c1nc(-c2ccc(-c3ccccc3)cc2)no1.[Zn]. The van der Waals surface area contributed by atoms with Crippen LogP contribution in [-0.4, -0.2) is 15.2 Å². The third-order valence-corrected chi connectivity index (χ3v) is 3.81. The van der Waals surface area contributed by atoms with Gasteiger partial charge >= 0.3 is 0 Å². The Labute approximate surface area is 157 Å². The number of hydrogen-bond acceptors (Lipinski definition) is 4. The average molecular weight is 380 g/mol. The summed E-state index contributed by atoms with van der Waals surface area (Å²) in [6.07, 6.45) is 0. The van der Waals surface area contributed by atoms with Gasteiger partial charge in [0.25, 0.3) is 5.89 Å². The number of phenols is 1. The van der Waals surface area contributed by atoms with Crippen molar-refractivity contribution in [1.29, 1.82) is 0 Å². The number of aromatic hydroxyl groups is 1. The van der Waals surface area contributed by atoms with Crippen LogP contribution in [0.3, 0.4) is 0 Å². The number of hydrogen-bond donors (Lipinski definition) is 1. The van der Waals surface area contributed by atoms with Crippen molar-refractivity contribution >= 4 is 0 Å². The maximum absolute atomic E-state index is 9.88. The molecule has 25 heavy (non-hydrogen) atoms. The van der Waals surface area contributed by atoms with Gasteiger partial charge < -0.3 is 9.63 Å². The topological polar surface area (TPSA) is 59.2 Å². The van der Waals surface area contributed by atoms with E-state index < -0.39 is 0 Å². The quantitative estimate of drug-likeness (QED) is 0.521. The van der Waals surface area contributed by atoms with E-state index in [9.17, 15) is 5.11 Å².